The normalized spacial score (nSPS) is 15.2. The van der Waals surface area contributed by atoms with E-state index in [-0.39, 0.29) is 5.91 Å². The number of nitrogens with zero attached hydrogens (tertiary/aromatic N) is 2. The number of hydrogen-bond acceptors (Lipinski definition) is 6. The van der Waals surface area contributed by atoms with Crippen molar-refractivity contribution in [2.75, 3.05) is 32.8 Å². The Balaban J connectivity index is 1.43. The van der Waals surface area contributed by atoms with Crippen molar-refractivity contribution in [2.24, 2.45) is 0 Å². The fraction of sp³-hybridized carbons (Fsp3) is 0.375. The van der Waals surface area contributed by atoms with Crippen LogP contribution in [0.15, 0.2) is 48.5 Å². The van der Waals surface area contributed by atoms with Crippen LogP contribution >= 0.6 is 0 Å². The number of benzene rings is 2. The van der Waals surface area contributed by atoms with Gasteiger partial charge >= 0.3 is 0 Å². The van der Waals surface area contributed by atoms with Gasteiger partial charge in [-0.25, -0.2) is 0 Å². The highest BCUT2D eigenvalue weighted by molar-refractivity contribution is 5.98. The van der Waals surface area contributed by atoms with Gasteiger partial charge < -0.3 is 14.2 Å². The third kappa shape index (κ3) is 4.60. The minimum atomic E-state index is -0.639. The molecule has 0 radical (unpaired) electrons. The lowest BCUT2D eigenvalue weighted by molar-refractivity contribution is -0.125. The van der Waals surface area contributed by atoms with Crippen LogP contribution in [0.1, 0.15) is 29.8 Å². The SMILES string of the molecule is COc1ccc(CCc2nc(NC(=O)C3(c4ccccc4)CCOCC3)n[nH]2)cc1OC. The molecule has 8 nitrogen and oxygen atoms in total. The molecule has 0 saturated carbocycles. The maximum absolute atomic E-state index is 13.3. The topological polar surface area (TPSA) is 98.4 Å². The second-order valence-corrected chi connectivity index (χ2v) is 7.81. The summed E-state index contributed by atoms with van der Waals surface area (Å²) in [6.45, 7) is 1.10. The number of carbonyl (C=O) groups is 1. The number of amides is 1. The van der Waals surface area contributed by atoms with E-state index in [1.54, 1.807) is 14.2 Å². The van der Waals surface area contributed by atoms with Gasteiger partial charge in [-0.1, -0.05) is 36.4 Å². The zero-order valence-corrected chi connectivity index (χ0v) is 18.4. The summed E-state index contributed by atoms with van der Waals surface area (Å²) in [5, 5.41) is 10.1. The molecule has 1 saturated heterocycles. The summed E-state index contributed by atoms with van der Waals surface area (Å²) < 4.78 is 16.2. The van der Waals surface area contributed by atoms with Crippen LogP contribution in [0.4, 0.5) is 5.95 Å². The molecule has 1 aliphatic heterocycles. The van der Waals surface area contributed by atoms with Crippen molar-refractivity contribution >= 4 is 11.9 Å². The van der Waals surface area contributed by atoms with Gasteiger partial charge in [-0.15, -0.1) is 5.10 Å². The first-order valence-corrected chi connectivity index (χ1v) is 10.7. The van der Waals surface area contributed by atoms with E-state index in [4.69, 9.17) is 14.2 Å². The molecular formula is C24H28N4O4. The number of aryl methyl sites for hydroxylation is 2. The molecule has 0 spiro atoms. The van der Waals surface area contributed by atoms with E-state index in [1.807, 2.05) is 48.5 Å². The first-order chi connectivity index (χ1) is 15.6. The van der Waals surface area contributed by atoms with Crippen LogP contribution in [-0.2, 0) is 27.8 Å². The van der Waals surface area contributed by atoms with Gasteiger partial charge in [-0.3, -0.25) is 15.2 Å². The molecule has 168 valence electrons. The van der Waals surface area contributed by atoms with Gasteiger partial charge in [0, 0.05) is 19.6 Å². The summed E-state index contributed by atoms with van der Waals surface area (Å²) in [5.74, 6) is 2.28. The first-order valence-electron chi connectivity index (χ1n) is 10.7. The van der Waals surface area contributed by atoms with Crippen molar-refractivity contribution in [3.63, 3.8) is 0 Å². The molecule has 0 atom stereocenters. The number of anilines is 1. The molecule has 2 aromatic carbocycles. The predicted octanol–water partition coefficient (Wildman–Crippen LogP) is 3.29. The maximum atomic E-state index is 13.3. The van der Waals surface area contributed by atoms with Crippen molar-refractivity contribution in [3.8, 4) is 11.5 Å². The summed E-state index contributed by atoms with van der Waals surface area (Å²) >= 11 is 0. The van der Waals surface area contributed by atoms with Crippen LogP contribution < -0.4 is 14.8 Å². The average Bonchev–Trinajstić information content (AvgIpc) is 3.30. The molecule has 1 aromatic heterocycles. The maximum Gasteiger partial charge on any atom is 0.248 e. The van der Waals surface area contributed by atoms with Gasteiger partial charge in [0.25, 0.3) is 0 Å². The standard InChI is InChI=1S/C24H28N4O4/c1-30-19-10-8-17(16-20(19)31-2)9-11-21-25-23(28-27-21)26-22(29)24(12-14-32-15-13-24)18-6-4-3-5-7-18/h3-8,10,16H,9,11-15H2,1-2H3,(H2,25,26,27,28,29). The van der Waals surface area contributed by atoms with Crippen molar-refractivity contribution < 1.29 is 19.0 Å². The molecule has 0 bridgehead atoms. The summed E-state index contributed by atoms with van der Waals surface area (Å²) in [6, 6.07) is 15.7. The molecule has 1 fully saturated rings. The summed E-state index contributed by atoms with van der Waals surface area (Å²) in [4.78, 5) is 17.8. The second-order valence-electron chi connectivity index (χ2n) is 7.81. The summed E-state index contributed by atoms with van der Waals surface area (Å²) in [5.41, 5.74) is 1.44. The minimum absolute atomic E-state index is 0.0996. The highest BCUT2D eigenvalue weighted by Crippen LogP contribution is 2.36. The van der Waals surface area contributed by atoms with E-state index < -0.39 is 5.41 Å². The van der Waals surface area contributed by atoms with Crippen molar-refractivity contribution in [1.82, 2.24) is 15.2 Å². The number of aromatic amines is 1. The largest absolute Gasteiger partial charge is 0.493 e. The number of carbonyl (C=O) groups excluding carboxylic acids is 1. The molecular weight excluding hydrogens is 408 g/mol. The van der Waals surface area contributed by atoms with Crippen LogP contribution in [0.2, 0.25) is 0 Å². The van der Waals surface area contributed by atoms with Crippen LogP contribution in [0.5, 0.6) is 11.5 Å². The fourth-order valence-electron chi connectivity index (χ4n) is 4.11. The van der Waals surface area contributed by atoms with Crippen LogP contribution in [0.25, 0.3) is 0 Å². The lowest BCUT2D eigenvalue weighted by Crippen LogP contribution is -2.45. The molecule has 0 unspecified atom stereocenters. The van der Waals surface area contributed by atoms with Gasteiger partial charge in [0.2, 0.25) is 11.9 Å². The molecule has 8 heteroatoms. The Morgan fingerprint density at radius 1 is 1.06 bits per heavy atom. The van der Waals surface area contributed by atoms with E-state index in [0.29, 0.717) is 55.7 Å². The van der Waals surface area contributed by atoms with Gasteiger partial charge in [-0.2, -0.15) is 4.98 Å². The smallest absolute Gasteiger partial charge is 0.248 e. The van der Waals surface area contributed by atoms with Gasteiger partial charge in [-0.05, 0) is 42.5 Å². The van der Waals surface area contributed by atoms with Crippen molar-refractivity contribution in [2.45, 2.75) is 31.1 Å². The summed E-state index contributed by atoms with van der Waals surface area (Å²) in [7, 11) is 3.23. The second kappa shape index (κ2) is 9.82. The Hall–Kier alpha value is -3.39. The van der Waals surface area contributed by atoms with Crippen LogP contribution in [-0.4, -0.2) is 48.5 Å². The minimum Gasteiger partial charge on any atom is -0.493 e. The number of rotatable bonds is 8. The van der Waals surface area contributed by atoms with E-state index >= 15 is 0 Å². The number of aromatic nitrogens is 3. The Kier molecular flexibility index (Phi) is 6.70. The number of nitrogens with one attached hydrogen (secondary N) is 2. The van der Waals surface area contributed by atoms with Gasteiger partial charge in [0.1, 0.15) is 5.82 Å². The third-order valence-electron chi connectivity index (χ3n) is 5.96. The zero-order valence-electron chi connectivity index (χ0n) is 18.4. The third-order valence-corrected chi connectivity index (χ3v) is 5.96. The van der Waals surface area contributed by atoms with E-state index in [2.05, 4.69) is 20.5 Å². The predicted molar refractivity (Wildman–Crippen MR) is 120 cm³/mol. The van der Waals surface area contributed by atoms with Crippen LogP contribution in [0.3, 0.4) is 0 Å². The molecule has 1 amide bonds. The Labute approximate surface area is 187 Å². The van der Waals surface area contributed by atoms with E-state index in [9.17, 15) is 4.79 Å². The number of hydrogen-bond donors (Lipinski definition) is 2. The number of ether oxygens (including phenoxy) is 3. The molecule has 0 aliphatic carbocycles. The first kappa shape index (κ1) is 21.8. The molecule has 2 heterocycles. The Morgan fingerprint density at radius 2 is 1.81 bits per heavy atom. The quantitative estimate of drug-likeness (QED) is 0.562. The summed E-state index contributed by atoms with van der Waals surface area (Å²) in [6.07, 6.45) is 2.64. The fourth-order valence-corrected chi connectivity index (χ4v) is 4.11. The van der Waals surface area contributed by atoms with E-state index in [0.717, 1.165) is 17.5 Å². The molecule has 3 aromatic rings. The van der Waals surface area contributed by atoms with E-state index in [1.165, 1.54) is 0 Å². The lowest BCUT2D eigenvalue weighted by Gasteiger charge is -2.35. The lowest BCUT2D eigenvalue weighted by atomic mass is 9.73. The number of H-pyrrole nitrogens is 1. The van der Waals surface area contributed by atoms with Crippen molar-refractivity contribution in [1.29, 1.82) is 0 Å². The van der Waals surface area contributed by atoms with Gasteiger partial charge in [0.15, 0.2) is 11.5 Å². The molecule has 1 aliphatic rings. The van der Waals surface area contributed by atoms with Gasteiger partial charge in [0.05, 0.1) is 19.6 Å². The molecule has 2 N–H and O–H groups in total. The zero-order chi connectivity index (χ0) is 22.4. The Bertz CT molecular complexity index is 1050. The Morgan fingerprint density at radius 3 is 2.53 bits per heavy atom. The molecule has 4 rings (SSSR count). The van der Waals surface area contributed by atoms with Crippen molar-refractivity contribution in [3.05, 3.63) is 65.5 Å². The molecule has 32 heavy (non-hydrogen) atoms. The monoisotopic (exact) mass is 436 g/mol. The highest BCUT2D eigenvalue weighted by Gasteiger charge is 2.42. The highest BCUT2D eigenvalue weighted by atomic mass is 16.5. The average molecular weight is 437 g/mol. The number of methoxy groups -OCH3 is 2. The van der Waals surface area contributed by atoms with Crippen LogP contribution in [0, 0.1) is 0 Å².